The number of sulfonamides is 2. The number of nitrogens with zero attached hydrogens (tertiary/aromatic N) is 5. The van der Waals surface area contributed by atoms with Gasteiger partial charge in [0.2, 0.25) is 38.1 Å². The predicted octanol–water partition coefficient (Wildman–Crippen LogP) is 16.4. The molecule has 2 fully saturated rings. The van der Waals surface area contributed by atoms with Crippen molar-refractivity contribution in [2.24, 2.45) is 0 Å². The van der Waals surface area contributed by atoms with Gasteiger partial charge in [0.15, 0.2) is 23.1 Å². The molecule has 0 spiro atoms. The summed E-state index contributed by atoms with van der Waals surface area (Å²) in [4.78, 5) is 130. The molecular formula is C89H107BrCl2F5N10O20S3-. The number of fused-ring (bicyclic) bond motifs is 4. The number of benzene rings is 6. The lowest BCUT2D eigenvalue weighted by atomic mass is 10.1. The molecule has 0 radical (unpaired) electrons. The zero-order valence-electron chi connectivity index (χ0n) is 71.0. The number of halogens is 8. The average Bonchev–Trinajstić information content (AvgIpc) is 1.51. The van der Waals surface area contributed by atoms with E-state index >= 15 is 0 Å². The predicted molar refractivity (Wildman–Crippen MR) is 495 cm³/mol. The van der Waals surface area contributed by atoms with E-state index in [0.29, 0.717) is 103 Å². The molecular weight excluding hydrogens is 1870 g/mol. The number of hydrogen-bond acceptors (Lipinski definition) is 21. The number of carbonyl (C=O) groups is 11. The van der Waals surface area contributed by atoms with Gasteiger partial charge in [-0.15, -0.1) is 0 Å². The van der Waals surface area contributed by atoms with Crippen LogP contribution >= 0.6 is 39.1 Å². The van der Waals surface area contributed by atoms with Crippen LogP contribution in [0.3, 0.4) is 0 Å². The number of ether oxygens (including phenoxy) is 2. The lowest BCUT2D eigenvalue weighted by Crippen LogP contribution is -2.43. The molecule has 1 unspecified atom stereocenters. The Morgan fingerprint density at radius 2 is 0.954 bits per heavy atom. The number of rotatable bonds is 30. The summed E-state index contributed by atoms with van der Waals surface area (Å²) in [6.07, 6.45) is 7.39. The molecule has 4 aromatic heterocycles. The van der Waals surface area contributed by atoms with Gasteiger partial charge in [-0.3, -0.25) is 66.4 Å². The summed E-state index contributed by atoms with van der Waals surface area (Å²) < 4.78 is 149. The zero-order chi connectivity index (χ0) is 94.7. The third kappa shape index (κ3) is 35.7. The van der Waals surface area contributed by atoms with E-state index in [-0.39, 0.29) is 130 Å². The number of anilines is 3. The highest BCUT2D eigenvalue weighted by molar-refractivity contribution is 9.10. The van der Waals surface area contributed by atoms with Crippen LogP contribution in [0.15, 0.2) is 138 Å². The number of carboxylic acid groups (broad SMARTS) is 1. The van der Waals surface area contributed by atoms with E-state index in [1.807, 2.05) is 39.0 Å². The Hall–Kier alpha value is -11.1. The standard InChI is InChI=1S/C25H26ClFN4O5S.C17H22N2O5S.C16H18BrNO3.C13H15ClFNO.C13H14N2O5S.C2HF3O.3CH4/c1-15(32)20-11-30(22-8-5-17(9-19(20)22)29-14-37(35)36)13-24(34)31(18-6-7-18)12-23(33)28-10-16-3-2-4-21(26)25(16)27;1-11(20)14-9-19(10-16(21)24-17(2,3)4)15-7-6-12(8-13(14)15)18-25(5,22)23;1-10(19)13-8-18(9-15(20)21-16(2,3)4)14-6-5-11(17)7-12(13)14;14-12-3-1-2-9(13(12)15)4-7-11(17)8-16-10-5-6-10;1-8(16)11-6-15(7-13(17)18)12-4-3-9(5-10(11)12)14-21(2,19)20;3-2(4,5)1-6;;;/h2-5,8-9,11,18,29H,6-7,10,12-14H2,1H3,(H,28,33)(H,35,36);6-9,18H,10H2,1-5H3;5-8H,9H2,1-4H3;1-3,10,16H,4-8H2;3-6,14H,7H2,1-2H3,(H,17,18);1H;3*1H4/p-1. The summed E-state index contributed by atoms with van der Waals surface area (Å²) >= 11 is 12.6. The molecule has 2 amide bonds. The maximum absolute atomic E-state index is 14.1. The van der Waals surface area contributed by atoms with E-state index in [1.54, 1.807) is 114 Å². The number of ketones is 5. The van der Waals surface area contributed by atoms with E-state index < -0.39 is 84.3 Å². The maximum atomic E-state index is 14.1. The summed E-state index contributed by atoms with van der Waals surface area (Å²) in [6.45, 7) is 16.4. The number of aryl methyl sites for hydroxylation is 1. The van der Waals surface area contributed by atoms with Crippen molar-refractivity contribution in [2.75, 3.05) is 46.2 Å². The van der Waals surface area contributed by atoms with Crippen LogP contribution < -0.4 is 25.4 Å². The van der Waals surface area contributed by atoms with Crippen LogP contribution in [0.2, 0.25) is 10.0 Å². The zero-order valence-corrected chi connectivity index (χ0v) is 76.6. The topological polar surface area (TPSA) is 418 Å². The fourth-order valence-corrected chi connectivity index (χ4v) is 14.7. The molecule has 10 aromatic rings. The average molecular weight is 1980 g/mol. The van der Waals surface area contributed by atoms with Gasteiger partial charge >= 0.3 is 24.1 Å². The number of Topliss-reactive ketones (excluding diaryl/α,β-unsaturated/α-hetero) is 5. The Kier molecular flexibility index (Phi) is 41.2. The van der Waals surface area contributed by atoms with E-state index in [4.69, 9.17) is 42.6 Å². The van der Waals surface area contributed by atoms with Crippen molar-refractivity contribution in [2.45, 2.75) is 192 Å². The van der Waals surface area contributed by atoms with Crippen LogP contribution in [0.25, 0.3) is 43.6 Å². The molecule has 4 heterocycles. The summed E-state index contributed by atoms with van der Waals surface area (Å²) in [6, 6.07) is 30.0. The molecule has 0 bridgehead atoms. The summed E-state index contributed by atoms with van der Waals surface area (Å²) in [5.41, 5.74) is 5.28. The van der Waals surface area contributed by atoms with Gasteiger partial charge in [0.25, 0.3) is 0 Å². The molecule has 708 valence electrons. The molecule has 6 aromatic carbocycles. The van der Waals surface area contributed by atoms with Crippen molar-refractivity contribution in [3.05, 3.63) is 194 Å². The number of carbonyl (C=O) groups excluding carboxylic acids is 10. The first-order valence-electron chi connectivity index (χ1n) is 38.9. The largest absolute Gasteiger partial charge is 0.771 e. The molecule has 30 nitrogen and oxygen atoms in total. The first-order valence-corrected chi connectivity index (χ1v) is 45.5. The Balaban J connectivity index is 0.000000341. The molecule has 0 saturated heterocycles. The van der Waals surface area contributed by atoms with Gasteiger partial charge in [-0.25, -0.2) is 25.6 Å². The molecule has 41 heteroatoms. The molecule has 2 saturated carbocycles. The van der Waals surface area contributed by atoms with Gasteiger partial charge in [-0.05, 0) is 203 Å². The number of alkyl halides is 3. The van der Waals surface area contributed by atoms with Crippen LogP contribution in [0, 0.1) is 11.6 Å². The Morgan fingerprint density at radius 3 is 1.33 bits per heavy atom. The van der Waals surface area contributed by atoms with Crippen LogP contribution in [0.1, 0.15) is 176 Å². The van der Waals surface area contributed by atoms with Crippen LogP contribution in [-0.2, 0) is 113 Å². The molecule has 1 atom stereocenters. The van der Waals surface area contributed by atoms with Crippen molar-refractivity contribution in [1.29, 1.82) is 0 Å². The highest BCUT2D eigenvalue weighted by atomic mass is 79.9. The van der Waals surface area contributed by atoms with Crippen LogP contribution in [0.5, 0.6) is 0 Å². The second kappa shape index (κ2) is 48.2. The summed E-state index contributed by atoms with van der Waals surface area (Å²) in [5, 5.41) is 20.0. The fraction of sp³-hybridized carbons (Fsp3) is 0.382. The number of carboxylic acids is 1. The minimum Gasteiger partial charge on any atom is -0.771 e. The molecule has 12 rings (SSSR count). The van der Waals surface area contributed by atoms with Crippen LogP contribution in [-0.4, -0.2) is 180 Å². The SMILES string of the molecule is C.C.C.CC(=O)c1cn(CC(=O)N(CC(=O)NCc2cccc(Cl)c2F)C2CC2)c2ccc(NCS(=O)[O-])cc12.CC(=O)c1cn(CC(=O)O)c2ccc(NS(C)(=O)=O)cc12.CC(=O)c1cn(CC(=O)OC(C)(C)C)c2ccc(Br)cc12.CC(=O)c1cn(CC(=O)OC(C)(C)C)c2ccc(NS(C)(=O)=O)cc12.O=C(CCc1cccc(Cl)c1F)CNC1CC1.O=CC(F)(F)F. The second-order valence-corrected chi connectivity index (χ2v) is 37.6. The first kappa shape index (κ1) is 111. The number of nitrogens with one attached hydrogen (secondary N) is 5. The third-order valence-electron chi connectivity index (χ3n) is 18.2. The number of aromatic nitrogens is 4. The highest BCUT2D eigenvalue weighted by Gasteiger charge is 2.35. The monoisotopic (exact) mass is 1980 g/mol. The normalized spacial score (nSPS) is 12.5. The van der Waals surface area contributed by atoms with Gasteiger partial charge in [0, 0.05) is 143 Å². The van der Waals surface area contributed by atoms with Crippen LogP contribution in [0.4, 0.5) is 39.0 Å². The second-order valence-electron chi connectivity index (χ2n) is 31.5. The van der Waals surface area contributed by atoms with Crippen molar-refractivity contribution < 1.29 is 115 Å². The van der Waals surface area contributed by atoms with E-state index in [1.165, 1.54) is 73.7 Å². The summed E-state index contributed by atoms with van der Waals surface area (Å²) in [7, 11) is -6.85. The lowest BCUT2D eigenvalue weighted by Gasteiger charge is -2.22. The van der Waals surface area contributed by atoms with E-state index in [2.05, 4.69) is 41.3 Å². The highest BCUT2D eigenvalue weighted by Crippen LogP contribution is 2.33. The number of amides is 2. The van der Waals surface area contributed by atoms with Gasteiger partial charge in [0.1, 0.15) is 54.8 Å². The Bertz CT molecular complexity index is 6100. The molecule has 0 aliphatic heterocycles. The number of aliphatic carboxylic acids is 1. The van der Waals surface area contributed by atoms with Gasteiger partial charge in [-0.1, -0.05) is 85.7 Å². The van der Waals surface area contributed by atoms with Gasteiger partial charge in [-0.2, -0.15) is 13.2 Å². The van der Waals surface area contributed by atoms with Gasteiger partial charge in [0.05, 0.1) is 41.5 Å². The number of esters is 2. The van der Waals surface area contributed by atoms with E-state index in [9.17, 15) is 95.5 Å². The summed E-state index contributed by atoms with van der Waals surface area (Å²) in [5.74, 6) is -4.26. The Labute approximate surface area is 771 Å². The molecule has 2 aliphatic rings. The smallest absolute Gasteiger partial charge is 0.446 e. The van der Waals surface area contributed by atoms with Crippen molar-refractivity contribution in [1.82, 2.24) is 33.8 Å². The minimum atomic E-state index is -4.64. The Morgan fingerprint density at radius 1 is 0.577 bits per heavy atom. The molecule has 130 heavy (non-hydrogen) atoms. The number of hydrogen-bond donors (Lipinski definition) is 6. The lowest BCUT2D eigenvalue weighted by molar-refractivity contribution is -0.156. The van der Waals surface area contributed by atoms with Crippen molar-refractivity contribution in [3.8, 4) is 0 Å². The fourth-order valence-electron chi connectivity index (χ4n) is 12.6. The van der Waals surface area contributed by atoms with E-state index in [0.717, 1.165) is 53.6 Å². The quantitative estimate of drug-likeness (QED) is 0.00800. The van der Waals surface area contributed by atoms with Crippen molar-refractivity contribution in [3.63, 3.8) is 0 Å². The van der Waals surface area contributed by atoms with Crippen molar-refractivity contribution >= 4 is 196 Å². The van der Waals surface area contributed by atoms with Gasteiger partial charge < -0.3 is 58.3 Å². The molecule has 2 aliphatic carbocycles. The maximum Gasteiger partial charge on any atom is 0.446 e. The first-order chi connectivity index (χ1) is 59.1. The molecule has 6 N–H and O–H groups in total. The number of aldehydes is 1. The third-order valence-corrected chi connectivity index (χ3v) is 20.9. The minimum absolute atomic E-state index is 0.